The summed E-state index contributed by atoms with van der Waals surface area (Å²) in [4.78, 5) is 37.2. The molecule has 1 saturated heterocycles. The molecule has 2 amide bonds. The van der Waals surface area contributed by atoms with E-state index in [4.69, 9.17) is 4.42 Å². The fourth-order valence-electron chi connectivity index (χ4n) is 4.95. The van der Waals surface area contributed by atoms with Gasteiger partial charge in [-0.15, -0.1) is 0 Å². The monoisotopic (exact) mass is 432 g/mol. The molecule has 0 radical (unpaired) electrons. The molecule has 1 aromatic carbocycles. The van der Waals surface area contributed by atoms with E-state index in [0.29, 0.717) is 35.0 Å². The van der Waals surface area contributed by atoms with Crippen molar-refractivity contribution in [1.82, 2.24) is 20.2 Å². The van der Waals surface area contributed by atoms with Crippen molar-refractivity contribution in [1.29, 1.82) is 0 Å². The van der Waals surface area contributed by atoms with Gasteiger partial charge in [-0.1, -0.05) is 37.5 Å². The van der Waals surface area contributed by atoms with Crippen molar-refractivity contribution >= 4 is 22.8 Å². The predicted octanol–water partition coefficient (Wildman–Crippen LogP) is 4.57. The van der Waals surface area contributed by atoms with Crippen molar-refractivity contribution in [3.05, 3.63) is 59.4 Å². The van der Waals surface area contributed by atoms with E-state index in [1.807, 2.05) is 31.2 Å². The quantitative estimate of drug-likeness (QED) is 0.652. The van der Waals surface area contributed by atoms with Crippen molar-refractivity contribution in [2.75, 3.05) is 6.54 Å². The molecule has 1 aliphatic heterocycles. The van der Waals surface area contributed by atoms with Crippen molar-refractivity contribution in [2.45, 2.75) is 64.0 Å². The molecule has 2 fully saturated rings. The molecule has 1 aliphatic carbocycles. The zero-order chi connectivity index (χ0) is 22.1. The molecule has 3 heterocycles. The molecule has 7 heteroatoms. The van der Waals surface area contributed by atoms with Gasteiger partial charge in [-0.25, -0.2) is 9.97 Å². The molecule has 1 N–H and O–H groups in total. The van der Waals surface area contributed by atoms with Gasteiger partial charge in [0, 0.05) is 24.2 Å². The molecule has 0 unspecified atom stereocenters. The van der Waals surface area contributed by atoms with Crippen molar-refractivity contribution < 1.29 is 14.0 Å². The van der Waals surface area contributed by atoms with E-state index in [-0.39, 0.29) is 23.9 Å². The number of fused-ring (bicyclic) bond motifs is 1. The van der Waals surface area contributed by atoms with Crippen LogP contribution in [0.1, 0.15) is 83.4 Å². The van der Waals surface area contributed by atoms with Gasteiger partial charge in [-0.3, -0.25) is 9.59 Å². The zero-order valence-corrected chi connectivity index (χ0v) is 18.3. The highest BCUT2D eigenvalue weighted by Crippen LogP contribution is 2.35. The van der Waals surface area contributed by atoms with E-state index in [1.165, 1.54) is 6.42 Å². The summed E-state index contributed by atoms with van der Waals surface area (Å²) in [5, 5.41) is 4.07. The highest BCUT2D eigenvalue weighted by atomic mass is 16.3. The molecule has 5 rings (SSSR count). The van der Waals surface area contributed by atoms with Crippen LogP contribution in [0, 0.1) is 6.92 Å². The number of nitrogens with zero attached hydrogens (tertiary/aromatic N) is 3. The molecule has 1 atom stereocenters. The van der Waals surface area contributed by atoms with Gasteiger partial charge in [0.2, 0.25) is 0 Å². The largest absolute Gasteiger partial charge is 0.451 e. The van der Waals surface area contributed by atoms with Gasteiger partial charge in [0.1, 0.15) is 11.4 Å². The SMILES string of the molecule is Cc1ncc(C(=O)NC2CCCCC2)c([C@H]2CCCN2C(=O)c2cc3ccccc3o2)n1. The lowest BCUT2D eigenvalue weighted by molar-refractivity contribution is 0.0699. The molecular weight excluding hydrogens is 404 g/mol. The van der Waals surface area contributed by atoms with Crippen molar-refractivity contribution in [2.24, 2.45) is 0 Å². The van der Waals surface area contributed by atoms with E-state index >= 15 is 0 Å². The molecule has 0 bridgehead atoms. The second-order valence-corrected chi connectivity index (χ2v) is 8.83. The lowest BCUT2D eigenvalue weighted by Crippen LogP contribution is -2.38. The Morgan fingerprint density at radius 2 is 1.91 bits per heavy atom. The number of likely N-dealkylation sites (tertiary alicyclic amines) is 1. The second-order valence-electron chi connectivity index (χ2n) is 8.83. The number of carbonyl (C=O) groups excluding carboxylic acids is 2. The Balaban J connectivity index is 1.43. The number of nitrogens with one attached hydrogen (secondary N) is 1. The summed E-state index contributed by atoms with van der Waals surface area (Å²) in [7, 11) is 0. The number of benzene rings is 1. The van der Waals surface area contributed by atoms with Gasteiger partial charge in [0.15, 0.2) is 5.76 Å². The maximum atomic E-state index is 13.4. The summed E-state index contributed by atoms with van der Waals surface area (Å²) in [5.41, 5.74) is 1.79. The number of furan rings is 1. The third-order valence-electron chi connectivity index (χ3n) is 6.59. The minimum absolute atomic E-state index is 0.144. The molecule has 166 valence electrons. The molecule has 7 nitrogen and oxygen atoms in total. The maximum Gasteiger partial charge on any atom is 0.290 e. The molecule has 2 aromatic heterocycles. The highest BCUT2D eigenvalue weighted by Gasteiger charge is 2.36. The standard InChI is InChI=1S/C25H28N4O3/c1-16-26-15-19(24(30)28-18-9-3-2-4-10-18)23(27-16)20-11-7-13-29(20)25(31)22-14-17-8-5-6-12-21(17)32-22/h5-6,8,12,14-15,18,20H,2-4,7,9-11,13H2,1H3,(H,28,30)/t20-/m1/s1. The van der Waals surface area contributed by atoms with Crippen molar-refractivity contribution in [3.63, 3.8) is 0 Å². The molecular formula is C25H28N4O3. The highest BCUT2D eigenvalue weighted by molar-refractivity contribution is 5.98. The Bertz CT molecular complexity index is 1120. The van der Waals surface area contributed by atoms with Crippen LogP contribution < -0.4 is 5.32 Å². The number of aromatic nitrogens is 2. The van der Waals surface area contributed by atoms with Crippen molar-refractivity contribution in [3.8, 4) is 0 Å². The first-order valence-electron chi connectivity index (χ1n) is 11.5. The first-order chi connectivity index (χ1) is 15.6. The lowest BCUT2D eigenvalue weighted by atomic mass is 9.95. The van der Waals surface area contributed by atoms with Gasteiger partial charge in [-0.05, 0) is 44.7 Å². The van der Waals surface area contributed by atoms with E-state index in [2.05, 4.69) is 15.3 Å². The number of hydrogen-bond donors (Lipinski definition) is 1. The smallest absolute Gasteiger partial charge is 0.290 e. The number of aryl methyl sites for hydroxylation is 1. The first-order valence-corrected chi connectivity index (χ1v) is 11.5. The molecule has 2 aliphatic rings. The van der Waals surface area contributed by atoms with E-state index < -0.39 is 0 Å². The molecule has 1 saturated carbocycles. The maximum absolute atomic E-state index is 13.4. The Morgan fingerprint density at radius 3 is 2.72 bits per heavy atom. The first kappa shape index (κ1) is 20.7. The van der Waals surface area contributed by atoms with Crippen LogP contribution in [0.2, 0.25) is 0 Å². The number of carbonyl (C=O) groups is 2. The van der Waals surface area contributed by atoms with E-state index in [1.54, 1.807) is 17.2 Å². The van der Waals surface area contributed by atoms with Crippen LogP contribution >= 0.6 is 0 Å². The van der Waals surface area contributed by atoms with Gasteiger partial charge < -0.3 is 14.6 Å². The summed E-state index contributed by atoms with van der Waals surface area (Å²) in [6.45, 7) is 2.42. The minimum atomic E-state index is -0.274. The fourth-order valence-corrected chi connectivity index (χ4v) is 4.95. The Labute approximate surface area is 187 Å². The summed E-state index contributed by atoms with van der Waals surface area (Å²) in [6, 6.07) is 9.31. The zero-order valence-electron chi connectivity index (χ0n) is 18.3. The van der Waals surface area contributed by atoms with Gasteiger partial charge in [0.05, 0.1) is 17.3 Å². The van der Waals surface area contributed by atoms with E-state index in [0.717, 1.165) is 43.9 Å². The average molecular weight is 433 g/mol. The topological polar surface area (TPSA) is 88.3 Å². The number of amides is 2. The van der Waals surface area contributed by atoms with E-state index in [9.17, 15) is 9.59 Å². The lowest BCUT2D eigenvalue weighted by Gasteiger charge is -2.26. The van der Waals surface area contributed by atoms with Crippen LogP contribution in [0.3, 0.4) is 0 Å². The van der Waals surface area contributed by atoms with Crippen LogP contribution in [0.5, 0.6) is 0 Å². The predicted molar refractivity (Wildman–Crippen MR) is 120 cm³/mol. The Morgan fingerprint density at radius 1 is 1.09 bits per heavy atom. The summed E-state index contributed by atoms with van der Waals surface area (Å²) >= 11 is 0. The van der Waals surface area contributed by atoms with Crippen LogP contribution in [-0.2, 0) is 0 Å². The third-order valence-corrected chi connectivity index (χ3v) is 6.59. The average Bonchev–Trinajstić information content (AvgIpc) is 3.46. The molecule has 32 heavy (non-hydrogen) atoms. The second kappa shape index (κ2) is 8.73. The van der Waals surface area contributed by atoms with Gasteiger partial charge >= 0.3 is 0 Å². The van der Waals surface area contributed by atoms with Crippen LogP contribution in [0.15, 0.2) is 40.9 Å². The van der Waals surface area contributed by atoms with Crippen LogP contribution in [-0.4, -0.2) is 39.3 Å². The van der Waals surface area contributed by atoms with Gasteiger partial charge in [-0.2, -0.15) is 0 Å². The third kappa shape index (κ3) is 3.99. The molecule has 3 aromatic rings. The number of rotatable bonds is 4. The molecule has 0 spiro atoms. The number of hydrogen-bond acceptors (Lipinski definition) is 5. The Kier molecular flexibility index (Phi) is 5.64. The summed E-state index contributed by atoms with van der Waals surface area (Å²) < 4.78 is 5.83. The van der Waals surface area contributed by atoms with Crippen LogP contribution in [0.25, 0.3) is 11.0 Å². The summed E-state index contributed by atoms with van der Waals surface area (Å²) in [5.74, 6) is 0.600. The number of para-hydroxylation sites is 1. The van der Waals surface area contributed by atoms with Gasteiger partial charge in [0.25, 0.3) is 11.8 Å². The minimum Gasteiger partial charge on any atom is -0.451 e. The van der Waals surface area contributed by atoms with Crippen LogP contribution in [0.4, 0.5) is 0 Å². The normalized spacial score (nSPS) is 19.4. The summed E-state index contributed by atoms with van der Waals surface area (Å²) in [6.07, 6.45) is 8.75. The Hall–Kier alpha value is -3.22. The fraction of sp³-hybridized carbons (Fsp3) is 0.440.